The van der Waals surface area contributed by atoms with Crippen molar-refractivity contribution in [1.29, 1.82) is 0 Å². The highest BCUT2D eigenvalue weighted by Gasteiger charge is 2.35. The molecule has 2 aromatic carbocycles. The van der Waals surface area contributed by atoms with E-state index in [-0.39, 0.29) is 18.7 Å². The molecule has 2 atom stereocenters. The van der Waals surface area contributed by atoms with Gasteiger partial charge in [0.2, 0.25) is 0 Å². The van der Waals surface area contributed by atoms with E-state index in [0.29, 0.717) is 11.1 Å². The summed E-state index contributed by atoms with van der Waals surface area (Å²) in [6.07, 6.45) is 6.51. The minimum atomic E-state index is -0.329. The molecule has 2 aromatic rings. The van der Waals surface area contributed by atoms with Crippen LogP contribution in [0.1, 0.15) is 43.2 Å². The van der Waals surface area contributed by atoms with Crippen LogP contribution in [0.3, 0.4) is 0 Å². The van der Waals surface area contributed by atoms with Crippen LogP contribution in [0.4, 0.5) is 4.79 Å². The van der Waals surface area contributed by atoms with Gasteiger partial charge in [-0.2, -0.15) is 0 Å². The average Bonchev–Trinajstić information content (AvgIpc) is 3.23. The summed E-state index contributed by atoms with van der Waals surface area (Å²) in [6, 6.07) is 16.2. The third-order valence-corrected chi connectivity index (χ3v) is 7.13. The molecular formula is C25H30Cl2N2O2. The zero-order valence-electron chi connectivity index (χ0n) is 17.7. The second-order valence-electron chi connectivity index (χ2n) is 8.76. The molecule has 2 unspecified atom stereocenters. The van der Waals surface area contributed by atoms with Gasteiger partial charge in [-0.05, 0) is 92.9 Å². The quantitative estimate of drug-likeness (QED) is 0.566. The molecule has 0 radical (unpaired) electrons. The van der Waals surface area contributed by atoms with E-state index in [0.717, 1.165) is 55.3 Å². The standard InChI is InChI=1S/C25H30Cl2N2O2/c26-21-8-4-18(5-9-21)16-19-12-14-29(15-13-19)24-3-1-2-23(24)28-25(30)31-17-20-6-10-22(27)11-7-20/h4-11,19,23-24H,1-3,12-17H2,(H,28,30). The molecule has 0 aromatic heterocycles. The van der Waals surface area contributed by atoms with Crippen molar-refractivity contribution in [3.8, 4) is 0 Å². The Morgan fingerprint density at radius 1 is 0.903 bits per heavy atom. The van der Waals surface area contributed by atoms with E-state index in [9.17, 15) is 4.79 Å². The normalized spacial score (nSPS) is 22.4. The summed E-state index contributed by atoms with van der Waals surface area (Å²) in [5.74, 6) is 0.717. The van der Waals surface area contributed by atoms with Crippen molar-refractivity contribution in [3.05, 3.63) is 69.7 Å². The number of piperidine rings is 1. The number of benzene rings is 2. The Balaban J connectivity index is 1.22. The van der Waals surface area contributed by atoms with Gasteiger partial charge in [0.1, 0.15) is 6.61 Å². The molecule has 1 heterocycles. The summed E-state index contributed by atoms with van der Waals surface area (Å²) >= 11 is 11.9. The molecule has 2 fully saturated rings. The SMILES string of the molecule is O=C(NC1CCCC1N1CCC(Cc2ccc(Cl)cc2)CC1)OCc1ccc(Cl)cc1. The summed E-state index contributed by atoms with van der Waals surface area (Å²) in [6.45, 7) is 2.46. The number of hydrogen-bond acceptors (Lipinski definition) is 3. The van der Waals surface area contributed by atoms with E-state index >= 15 is 0 Å². The third-order valence-electron chi connectivity index (χ3n) is 6.62. The molecule has 31 heavy (non-hydrogen) atoms. The molecule has 0 bridgehead atoms. The number of hydrogen-bond donors (Lipinski definition) is 1. The average molecular weight is 461 g/mol. The molecule has 4 rings (SSSR count). The van der Waals surface area contributed by atoms with Gasteiger partial charge >= 0.3 is 6.09 Å². The molecule has 2 aliphatic rings. The highest BCUT2D eigenvalue weighted by Crippen LogP contribution is 2.30. The summed E-state index contributed by atoms with van der Waals surface area (Å²) in [4.78, 5) is 14.9. The number of rotatable bonds is 6. The Kier molecular flexibility index (Phi) is 7.76. The van der Waals surface area contributed by atoms with Crippen LogP contribution in [0, 0.1) is 5.92 Å². The molecular weight excluding hydrogens is 431 g/mol. The molecule has 1 aliphatic carbocycles. The zero-order valence-corrected chi connectivity index (χ0v) is 19.2. The topological polar surface area (TPSA) is 41.6 Å². The molecule has 166 valence electrons. The predicted molar refractivity (Wildman–Crippen MR) is 126 cm³/mol. The van der Waals surface area contributed by atoms with Gasteiger partial charge in [0.05, 0.1) is 0 Å². The van der Waals surface area contributed by atoms with Gasteiger partial charge in [0.15, 0.2) is 0 Å². The van der Waals surface area contributed by atoms with E-state index < -0.39 is 0 Å². The van der Waals surface area contributed by atoms with E-state index in [1.165, 1.54) is 18.4 Å². The first-order valence-electron chi connectivity index (χ1n) is 11.2. The number of alkyl carbamates (subject to hydrolysis) is 1. The number of nitrogens with zero attached hydrogens (tertiary/aromatic N) is 1. The van der Waals surface area contributed by atoms with Gasteiger partial charge in [-0.15, -0.1) is 0 Å². The molecule has 1 N–H and O–H groups in total. The molecule has 1 saturated carbocycles. The van der Waals surface area contributed by atoms with Crippen LogP contribution in [0.15, 0.2) is 48.5 Å². The van der Waals surface area contributed by atoms with Gasteiger partial charge in [-0.1, -0.05) is 47.5 Å². The van der Waals surface area contributed by atoms with Crippen molar-refractivity contribution in [1.82, 2.24) is 10.2 Å². The summed E-state index contributed by atoms with van der Waals surface area (Å²) < 4.78 is 5.44. The number of amides is 1. The molecule has 0 spiro atoms. The van der Waals surface area contributed by atoms with Crippen LogP contribution in [-0.2, 0) is 17.8 Å². The van der Waals surface area contributed by atoms with E-state index in [1.807, 2.05) is 36.4 Å². The van der Waals surface area contributed by atoms with Crippen LogP contribution in [-0.4, -0.2) is 36.2 Å². The summed E-state index contributed by atoms with van der Waals surface area (Å²) in [7, 11) is 0. The maximum atomic E-state index is 12.4. The van der Waals surface area contributed by atoms with Crippen molar-refractivity contribution in [2.45, 2.75) is 57.2 Å². The highest BCUT2D eigenvalue weighted by molar-refractivity contribution is 6.30. The largest absolute Gasteiger partial charge is 0.445 e. The van der Waals surface area contributed by atoms with Crippen molar-refractivity contribution in [2.75, 3.05) is 13.1 Å². The smallest absolute Gasteiger partial charge is 0.407 e. The van der Waals surface area contributed by atoms with E-state index in [4.69, 9.17) is 27.9 Å². The number of likely N-dealkylation sites (tertiary alicyclic amines) is 1. The van der Waals surface area contributed by atoms with Crippen molar-refractivity contribution in [2.24, 2.45) is 5.92 Å². The maximum absolute atomic E-state index is 12.4. The second kappa shape index (κ2) is 10.7. The van der Waals surface area contributed by atoms with Gasteiger partial charge in [0, 0.05) is 22.1 Å². The molecule has 1 amide bonds. The lowest BCUT2D eigenvalue weighted by Gasteiger charge is -2.38. The Morgan fingerprint density at radius 2 is 1.52 bits per heavy atom. The maximum Gasteiger partial charge on any atom is 0.407 e. The number of carbonyl (C=O) groups is 1. The lowest BCUT2D eigenvalue weighted by Crippen LogP contribution is -2.51. The van der Waals surface area contributed by atoms with Crippen molar-refractivity contribution < 1.29 is 9.53 Å². The fraction of sp³-hybridized carbons (Fsp3) is 0.480. The van der Waals surface area contributed by atoms with Gasteiger partial charge in [0.25, 0.3) is 0 Å². The van der Waals surface area contributed by atoms with E-state index in [2.05, 4.69) is 22.3 Å². The molecule has 1 saturated heterocycles. The predicted octanol–water partition coefficient (Wildman–Crippen LogP) is 6.10. The van der Waals surface area contributed by atoms with Crippen molar-refractivity contribution in [3.63, 3.8) is 0 Å². The molecule has 1 aliphatic heterocycles. The van der Waals surface area contributed by atoms with Crippen LogP contribution in [0.5, 0.6) is 0 Å². The Labute approximate surface area is 194 Å². The minimum Gasteiger partial charge on any atom is -0.445 e. The number of carbonyl (C=O) groups excluding carboxylic acids is 1. The highest BCUT2D eigenvalue weighted by atomic mass is 35.5. The first-order valence-corrected chi connectivity index (χ1v) is 12.0. The second-order valence-corrected chi connectivity index (χ2v) is 9.63. The Hall–Kier alpha value is -1.75. The minimum absolute atomic E-state index is 0.172. The van der Waals surface area contributed by atoms with Crippen LogP contribution in [0.25, 0.3) is 0 Å². The van der Waals surface area contributed by atoms with Crippen LogP contribution < -0.4 is 5.32 Å². The van der Waals surface area contributed by atoms with Crippen molar-refractivity contribution >= 4 is 29.3 Å². The monoisotopic (exact) mass is 460 g/mol. The fourth-order valence-electron chi connectivity index (χ4n) is 4.91. The van der Waals surface area contributed by atoms with E-state index in [1.54, 1.807) is 0 Å². The third kappa shape index (κ3) is 6.38. The van der Waals surface area contributed by atoms with Crippen LogP contribution in [0.2, 0.25) is 10.0 Å². The zero-order chi connectivity index (χ0) is 21.6. The first kappa shape index (κ1) is 22.4. The van der Waals surface area contributed by atoms with Gasteiger partial charge < -0.3 is 10.1 Å². The Bertz CT molecular complexity index is 849. The fourth-order valence-corrected chi connectivity index (χ4v) is 5.16. The number of ether oxygens (including phenoxy) is 1. The summed E-state index contributed by atoms with van der Waals surface area (Å²) in [5.41, 5.74) is 2.30. The molecule has 4 nitrogen and oxygen atoms in total. The van der Waals surface area contributed by atoms with Gasteiger partial charge in [-0.3, -0.25) is 4.90 Å². The number of nitrogens with one attached hydrogen (secondary N) is 1. The lowest BCUT2D eigenvalue weighted by atomic mass is 9.89. The lowest BCUT2D eigenvalue weighted by molar-refractivity contribution is 0.104. The first-order chi connectivity index (χ1) is 15.1. The van der Waals surface area contributed by atoms with Crippen LogP contribution >= 0.6 is 23.2 Å². The number of halogens is 2. The molecule has 6 heteroatoms. The Morgan fingerprint density at radius 3 is 2.16 bits per heavy atom. The van der Waals surface area contributed by atoms with Gasteiger partial charge in [-0.25, -0.2) is 4.79 Å². The summed E-state index contributed by atoms with van der Waals surface area (Å²) in [5, 5.41) is 4.60.